The predicted molar refractivity (Wildman–Crippen MR) is 98.6 cm³/mol. The summed E-state index contributed by atoms with van der Waals surface area (Å²) in [5.74, 6) is -0.169. The normalized spacial score (nSPS) is 22.8. The van der Waals surface area contributed by atoms with Crippen LogP contribution in [0.1, 0.15) is 40.7 Å². The first kappa shape index (κ1) is 17.4. The fourth-order valence-corrected chi connectivity index (χ4v) is 4.32. The quantitative estimate of drug-likeness (QED) is 0.917. The van der Waals surface area contributed by atoms with Gasteiger partial charge in [-0.1, -0.05) is 30.3 Å². The number of piperidine rings is 1. The van der Waals surface area contributed by atoms with Crippen LogP contribution in [0.3, 0.4) is 0 Å². The molecule has 1 fully saturated rings. The number of carbonyl (C=O) groups is 1. The lowest BCUT2D eigenvalue weighted by atomic mass is 9.81. The Balaban J connectivity index is 1.39. The molecule has 136 valence electrons. The van der Waals surface area contributed by atoms with E-state index in [4.69, 9.17) is 0 Å². The minimum Gasteiger partial charge on any atom is -0.385 e. The molecule has 3 nitrogen and oxygen atoms in total. The molecule has 1 N–H and O–H groups in total. The highest BCUT2D eigenvalue weighted by Crippen LogP contribution is 2.34. The van der Waals surface area contributed by atoms with Crippen molar-refractivity contribution in [2.45, 2.75) is 31.3 Å². The molecule has 1 unspecified atom stereocenters. The average molecular weight is 353 g/mol. The summed E-state index contributed by atoms with van der Waals surface area (Å²) in [6.07, 6.45) is 2.89. The molecule has 2 aromatic rings. The van der Waals surface area contributed by atoms with Crippen molar-refractivity contribution in [3.63, 3.8) is 0 Å². The second-order valence-electron chi connectivity index (χ2n) is 7.60. The maximum absolute atomic E-state index is 13.4. The van der Waals surface area contributed by atoms with Crippen molar-refractivity contribution in [3.8, 4) is 0 Å². The predicted octanol–water partition coefficient (Wildman–Crippen LogP) is 3.55. The number of rotatable bonds is 3. The maximum Gasteiger partial charge on any atom is 0.167 e. The Bertz CT molecular complexity index is 797. The van der Waals surface area contributed by atoms with Crippen LogP contribution in [0.2, 0.25) is 0 Å². The summed E-state index contributed by atoms with van der Waals surface area (Å²) in [5.41, 5.74) is 1.73. The van der Waals surface area contributed by atoms with Crippen LogP contribution >= 0.6 is 0 Å². The highest BCUT2D eigenvalue weighted by Gasteiger charge is 2.36. The fourth-order valence-electron chi connectivity index (χ4n) is 4.32. The number of likely N-dealkylation sites (tertiary alicyclic amines) is 1. The third-order valence-electron chi connectivity index (χ3n) is 5.94. The summed E-state index contributed by atoms with van der Waals surface area (Å²) >= 11 is 0. The standard InChI is InChI=1S/C22H24FNO2/c23-19-8-9-20-16(14-19)6-7-17(21(20)25)15-24-12-10-22(26,11-13-24)18-4-2-1-3-5-18/h1-5,8-9,14,17,26H,6-7,10-13,15H2. The van der Waals surface area contributed by atoms with Crippen molar-refractivity contribution in [1.82, 2.24) is 4.90 Å². The second kappa shape index (κ2) is 6.93. The van der Waals surface area contributed by atoms with E-state index in [1.165, 1.54) is 12.1 Å². The molecular formula is C22H24FNO2. The number of hydrogen-bond donors (Lipinski definition) is 1. The lowest BCUT2D eigenvalue weighted by Crippen LogP contribution is -2.45. The van der Waals surface area contributed by atoms with Crippen LogP contribution in [0.25, 0.3) is 0 Å². The lowest BCUT2D eigenvalue weighted by molar-refractivity contribution is -0.0283. The van der Waals surface area contributed by atoms with E-state index in [2.05, 4.69) is 4.90 Å². The van der Waals surface area contributed by atoms with Gasteiger partial charge in [-0.3, -0.25) is 4.79 Å². The molecule has 4 heteroatoms. The van der Waals surface area contributed by atoms with Crippen molar-refractivity contribution in [1.29, 1.82) is 0 Å². The second-order valence-corrected chi connectivity index (χ2v) is 7.60. The molecule has 2 aliphatic rings. The first-order valence-electron chi connectivity index (χ1n) is 9.38. The summed E-state index contributed by atoms with van der Waals surface area (Å²) in [5, 5.41) is 10.9. The number of nitrogens with zero attached hydrogens (tertiary/aromatic N) is 1. The minimum absolute atomic E-state index is 0.0316. The van der Waals surface area contributed by atoms with Crippen LogP contribution < -0.4 is 0 Å². The van der Waals surface area contributed by atoms with Gasteiger partial charge in [-0.2, -0.15) is 0 Å². The highest BCUT2D eigenvalue weighted by atomic mass is 19.1. The molecule has 0 saturated carbocycles. The molecule has 26 heavy (non-hydrogen) atoms. The zero-order chi connectivity index (χ0) is 18.1. The van der Waals surface area contributed by atoms with Crippen LogP contribution in [0, 0.1) is 11.7 Å². The van der Waals surface area contributed by atoms with Gasteiger partial charge in [0.15, 0.2) is 5.78 Å². The van der Waals surface area contributed by atoms with Gasteiger partial charge in [0, 0.05) is 31.1 Å². The number of Topliss-reactive ketones (excluding diaryl/α,β-unsaturated/α-hetero) is 1. The summed E-state index contributed by atoms with van der Waals surface area (Å²) in [6, 6.07) is 14.3. The zero-order valence-corrected chi connectivity index (χ0v) is 14.8. The maximum atomic E-state index is 13.4. The minimum atomic E-state index is -0.765. The number of ketones is 1. The SMILES string of the molecule is O=C1c2ccc(F)cc2CCC1CN1CCC(O)(c2ccccc2)CC1. The Morgan fingerprint density at radius 1 is 1.12 bits per heavy atom. The highest BCUT2D eigenvalue weighted by molar-refractivity contribution is 6.00. The number of benzene rings is 2. The van der Waals surface area contributed by atoms with Crippen LogP contribution in [0.5, 0.6) is 0 Å². The molecule has 0 radical (unpaired) electrons. The zero-order valence-electron chi connectivity index (χ0n) is 14.8. The van der Waals surface area contributed by atoms with E-state index < -0.39 is 5.60 Å². The van der Waals surface area contributed by atoms with Crippen molar-refractivity contribution in [2.24, 2.45) is 5.92 Å². The number of hydrogen-bond acceptors (Lipinski definition) is 3. The fraction of sp³-hybridized carbons (Fsp3) is 0.409. The summed E-state index contributed by atoms with van der Waals surface area (Å²) in [4.78, 5) is 15.0. The molecule has 0 amide bonds. The third-order valence-corrected chi connectivity index (χ3v) is 5.94. The Morgan fingerprint density at radius 2 is 1.85 bits per heavy atom. The van der Waals surface area contributed by atoms with E-state index in [0.29, 0.717) is 18.4 Å². The molecule has 1 saturated heterocycles. The van der Waals surface area contributed by atoms with Gasteiger partial charge in [0.1, 0.15) is 5.82 Å². The van der Waals surface area contributed by atoms with Crippen LogP contribution in [-0.4, -0.2) is 35.4 Å². The number of halogens is 1. The summed E-state index contributed by atoms with van der Waals surface area (Å²) < 4.78 is 13.4. The van der Waals surface area contributed by atoms with Gasteiger partial charge in [0.2, 0.25) is 0 Å². The molecule has 1 atom stereocenters. The van der Waals surface area contributed by atoms with E-state index in [-0.39, 0.29) is 17.5 Å². The van der Waals surface area contributed by atoms with E-state index in [1.54, 1.807) is 6.07 Å². The lowest BCUT2D eigenvalue weighted by Gasteiger charge is -2.40. The van der Waals surface area contributed by atoms with E-state index in [9.17, 15) is 14.3 Å². The van der Waals surface area contributed by atoms with E-state index >= 15 is 0 Å². The average Bonchev–Trinajstić information content (AvgIpc) is 2.66. The summed E-state index contributed by atoms with van der Waals surface area (Å²) in [7, 11) is 0. The molecule has 1 heterocycles. The topological polar surface area (TPSA) is 40.5 Å². The molecule has 1 aliphatic carbocycles. The molecular weight excluding hydrogens is 329 g/mol. The van der Waals surface area contributed by atoms with Crippen LogP contribution in [-0.2, 0) is 12.0 Å². The van der Waals surface area contributed by atoms with Gasteiger partial charge in [-0.25, -0.2) is 4.39 Å². The first-order valence-corrected chi connectivity index (χ1v) is 9.38. The smallest absolute Gasteiger partial charge is 0.167 e. The largest absolute Gasteiger partial charge is 0.385 e. The Kier molecular flexibility index (Phi) is 4.63. The first-order chi connectivity index (χ1) is 12.5. The van der Waals surface area contributed by atoms with Crippen LogP contribution in [0.15, 0.2) is 48.5 Å². The summed E-state index contributed by atoms with van der Waals surface area (Å²) in [6.45, 7) is 2.29. The van der Waals surface area contributed by atoms with Gasteiger partial charge in [0.05, 0.1) is 5.60 Å². The molecule has 1 aliphatic heterocycles. The van der Waals surface area contributed by atoms with Crippen molar-refractivity contribution < 1.29 is 14.3 Å². The molecule has 0 spiro atoms. The van der Waals surface area contributed by atoms with Gasteiger partial charge < -0.3 is 10.0 Å². The monoisotopic (exact) mass is 353 g/mol. The van der Waals surface area contributed by atoms with Crippen molar-refractivity contribution >= 4 is 5.78 Å². The number of aliphatic hydroxyl groups is 1. The van der Waals surface area contributed by atoms with Gasteiger partial charge in [0.25, 0.3) is 0 Å². The molecule has 0 aromatic heterocycles. The van der Waals surface area contributed by atoms with Crippen molar-refractivity contribution in [3.05, 3.63) is 71.0 Å². The van der Waals surface area contributed by atoms with Gasteiger partial charge >= 0.3 is 0 Å². The van der Waals surface area contributed by atoms with Gasteiger partial charge in [-0.05, 0) is 55.0 Å². The molecule has 4 rings (SSSR count). The number of fused-ring (bicyclic) bond motifs is 1. The Morgan fingerprint density at radius 3 is 2.58 bits per heavy atom. The molecule has 0 bridgehead atoms. The Hall–Kier alpha value is -2.04. The third kappa shape index (κ3) is 3.31. The van der Waals surface area contributed by atoms with E-state index in [0.717, 1.165) is 43.6 Å². The van der Waals surface area contributed by atoms with Crippen LogP contribution in [0.4, 0.5) is 4.39 Å². The number of carbonyl (C=O) groups excluding carboxylic acids is 1. The Labute approximate surface area is 153 Å². The molecule has 2 aromatic carbocycles. The van der Waals surface area contributed by atoms with E-state index in [1.807, 2.05) is 30.3 Å². The van der Waals surface area contributed by atoms with Gasteiger partial charge in [-0.15, -0.1) is 0 Å². The number of aryl methyl sites for hydroxylation is 1. The van der Waals surface area contributed by atoms with Crippen molar-refractivity contribution in [2.75, 3.05) is 19.6 Å².